The summed E-state index contributed by atoms with van der Waals surface area (Å²) in [5, 5.41) is 10.7. The third-order valence-corrected chi connectivity index (χ3v) is 6.82. The molecule has 0 aromatic heterocycles. The van der Waals surface area contributed by atoms with Gasteiger partial charge in [-0.25, -0.2) is 19.2 Å². The Morgan fingerprint density at radius 3 is 1.22 bits per heavy atom. The van der Waals surface area contributed by atoms with Crippen LogP contribution in [0.5, 0.6) is 23.0 Å². The van der Waals surface area contributed by atoms with Crippen LogP contribution >= 0.6 is 0 Å². The highest BCUT2D eigenvalue weighted by atomic mass is 16.7. The quantitative estimate of drug-likeness (QED) is 0.148. The molecule has 14 heteroatoms. The summed E-state index contributed by atoms with van der Waals surface area (Å²) in [5.41, 5.74) is 0.634. The van der Waals surface area contributed by atoms with E-state index in [1.807, 2.05) is 36.4 Å². The van der Waals surface area contributed by atoms with E-state index in [9.17, 15) is 19.2 Å². The molecule has 0 atom stereocenters. The van der Waals surface area contributed by atoms with Crippen molar-refractivity contribution in [1.82, 2.24) is 21.3 Å². The molecule has 4 amide bonds. The van der Waals surface area contributed by atoms with Crippen molar-refractivity contribution in [3.63, 3.8) is 0 Å². The van der Waals surface area contributed by atoms with Crippen LogP contribution in [0, 0.1) is 0 Å². The van der Waals surface area contributed by atoms with Crippen molar-refractivity contribution in [2.45, 2.75) is 65.6 Å². The standard InChI is InChI=1S/C37H46N4O10/c1-36(2,3)50-34(44)40-21-13-19-38-32(42)48-30-26(24-15-9-7-10-16-24)28-29(47-23-46-28)27(25-17-11-8-12-18-25)31(30)49-33(43)39-20-14-22-41-35(45)51-37(4,5)6/h7-12,15-18H,13-14,19-23H2,1-6H3,(H,38,42)(H,39,43)(H,40,44)(H,41,45). The lowest BCUT2D eigenvalue weighted by Gasteiger charge is -2.21. The minimum Gasteiger partial charge on any atom is -0.453 e. The summed E-state index contributed by atoms with van der Waals surface area (Å²) in [6, 6.07) is 18.1. The first kappa shape index (κ1) is 38.1. The molecule has 51 heavy (non-hydrogen) atoms. The number of fused-ring (bicyclic) bond motifs is 1. The first-order valence-corrected chi connectivity index (χ1v) is 16.7. The average Bonchev–Trinajstić information content (AvgIpc) is 3.53. The number of carbonyl (C=O) groups excluding carboxylic acids is 4. The maximum absolute atomic E-state index is 13.3. The first-order valence-electron chi connectivity index (χ1n) is 16.7. The van der Waals surface area contributed by atoms with E-state index in [4.69, 9.17) is 28.4 Å². The van der Waals surface area contributed by atoms with Crippen molar-refractivity contribution >= 4 is 24.4 Å². The van der Waals surface area contributed by atoms with Crippen molar-refractivity contribution in [2.24, 2.45) is 0 Å². The highest BCUT2D eigenvalue weighted by Gasteiger charge is 2.35. The molecule has 0 unspecified atom stereocenters. The van der Waals surface area contributed by atoms with Crippen LogP contribution in [-0.2, 0) is 9.47 Å². The molecule has 0 radical (unpaired) electrons. The van der Waals surface area contributed by atoms with Gasteiger partial charge in [0.1, 0.15) is 11.2 Å². The van der Waals surface area contributed by atoms with Crippen LogP contribution < -0.4 is 40.2 Å². The minimum absolute atomic E-state index is 0.0737. The van der Waals surface area contributed by atoms with E-state index in [0.29, 0.717) is 46.6 Å². The van der Waals surface area contributed by atoms with Gasteiger partial charge in [-0.05, 0) is 65.5 Å². The number of ether oxygens (including phenoxy) is 6. The summed E-state index contributed by atoms with van der Waals surface area (Å²) in [4.78, 5) is 50.6. The van der Waals surface area contributed by atoms with Crippen molar-refractivity contribution in [1.29, 1.82) is 0 Å². The topological polar surface area (TPSA) is 172 Å². The second kappa shape index (κ2) is 17.3. The number of amides is 4. The van der Waals surface area contributed by atoms with E-state index < -0.39 is 35.6 Å². The summed E-state index contributed by atoms with van der Waals surface area (Å²) in [7, 11) is 0. The van der Waals surface area contributed by atoms with Gasteiger partial charge in [-0.3, -0.25) is 0 Å². The number of alkyl carbamates (subject to hydrolysis) is 2. The average molecular weight is 707 g/mol. The molecule has 4 rings (SSSR count). The second-order valence-electron chi connectivity index (χ2n) is 13.4. The monoisotopic (exact) mass is 706 g/mol. The number of nitrogens with one attached hydrogen (secondary N) is 4. The van der Waals surface area contributed by atoms with E-state index in [2.05, 4.69) is 21.3 Å². The van der Waals surface area contributed by atoms with E-state index >= 15 is 0 Å². The minimum atomic E-state index is -0.833. The molecule has 274 valence electrons. The molecule has 0 spiro atoms. The molecular formula is C37H46N4O10. The molecule has 0 aliphatic carbocycles. The lowest BCUT2D eigenvalue weighted by Crippen LogP contribution is -2.35. The molecule has 1 aliphatic rings. The van der Waals surface area contributed by atoms with Crippen LogP contribution in [0.15, 0.2) is 60.7 Å². The SMILES string of the molecule is CC(C)(C)OC(=O)NCCCNC(=O)Oc1c(OC(=O)NCCCNC(=O)OC(C)(C)C)c(-c2ccccc2)c2c(c1-c1ccccc1)OCO2. The summed E-state index contributed by atoms with van der Waals surface area (Å²) < 4.78 is 34.3. The lowest BCUT2D eigenvalue weighted by atomic mass is 9.95. The Kier molecular flexibility index (Phi) is 13.0. The normalized spacial score (nSPS) is 12.0. The first-order chi connectivity index (χ1) is 24.2. The zero-order valence-electron chi connectivity index (χ0n) is 29.8. The van der Waals surface area contributed by atoms with Crippen LogP contribution in [0.2, 0.25) is 0 Å². The molecule has 14 nitrogen and oxygen atoms in total. The number of rotatable bonds is 12. The molecule has 0 saturated carbocycles. The number of benzene rings is 3. The van der Waals surface area contributed by atoms with Crippen LogP contribution in [0.4, 0.5) is 19.2 Å². The summed E-state index contributed by atoms with van der Waals surface area (Å²) in [6.45, 7) is 11.3. The van der Waals surface area contributed by atoms with Crippen molar-refractivity contribution in [3.05, 3.63) is 60.7 Å². The third-order valence-electron chi connectivity index (χ3n) is 6.82. The van der Waals surface area contributed by atoms with Gasteiger partial charge in [-0.2, -0.15) is 0 Å². The van der Waals surface area contributed by atoms with Crippen LogP contribution in [0.25, 0.3) is 22.3 Å². The Hall–Kier alpha value is -5.66. The van der Waals surface area contributed by atoms with Crippen LogP contribution in [-0.4, -0.2) is 68.5 Å². The van der Waals surface area contributed by atoms with Crippen LogP contribution in [0.1, 0.15) is 54.4 Å². The molecule has 1 aliphatic heterocycles. The maximum atomic E-state index is 13.3. The molecule has 1 heterocycles. The van der Waals surface area contributed by atoms with E-state index in [-0.39, 0.29) is 44.5 Å². The van der Waals surface area contributed by atoms with Crippen molar-refractivity contribution < 1.29 is 47.6 Å². The fourth-order valence-corrected chi connectivity index (χ4v) is 4.84. The lowest BCUT2D eigenvalue weighted by molar-refractivity contribution is 0.0515. The summed E-state index contributed by atoms with van der Waals surface area (Å²) in [6.07, 6.45) is -2.03. The van der Waals surface area contributed by atoms with Gasteiger partial charge in [0, 0.05) is 26.2 Å². The Balaban J connectivity index is 1.59. The van der Waals surface area contributed by atoms with Gasteiger partial charge >= 0.3 is 24.4 Å². The highest BCUT2D eigenvalue weighted by Crippen LogP contribution is 2.58. The molecule has 0 saturated heterocycles. The van der Waals surface area contributed by atoms with Gasteiger partial charge in [-0.15, -0.1) is 0 Å². The fraction of sp³-hybridized carbons (Fsp3) is 0.405. The predicted octanol–water partition coefficient (Wildman–Crippen LogP) is 6.76. The van der Waals surface area contributed by atoms with Gasteiger partial charge in [0.15, 0.2) is 23.0 Å². The van der Waals surface area contributed by atoms with Gasteiger partial charge < -0.3 is 49.7 Å². The third kappa shape index (κ3) is 11.7. The zero-order chi connectivity index (χ0) is 37.0. The second-order valence-corrected chi connectivity index (χ2v) is 13.4. The number of hydrogen-bond acceptors (Lipinski definition) is 10. The Morgan fingerprint density at radius 2 is 0.882 bits per heavy atom. The maximum Gasteiger partial charge on any atom is 0.412 e. The van der Waals surface area contributed by atoms with E-state index in [1.54, 1.807) is 65.8 Å². The summed E-state index contributed by atoms with van der Waals surface area (Å²) >= 11 is 0. The van der Waals surface area contributed by atoms with Crippen molar-refractivity contribution in [3.8, 4) is 45.3 Å². The zero-order valence-corrected chi connectivity index (χ0v) is 29.8. The largest absolute Gasteiger partial charge is 0.453 e. The van der Waals surface area contributed by atoms with Gasteiger partial charge in [0.05, 0.1) is 11.1 Å². The molecule has 4 N–H and O–H groups in total. The number of carbonyl (C=O) groups is 4. The highest BCUT2D eigenvalue weighted by molar-refractivity contribution is 5.96. The summed E-state index contributed by atoms with van der Waals surface area (Å²) in [5.74, 6) is 0.474. The molecule has 3 aromatic carbocycles. The Morgan fingerprint density at radius 1 is 0.549 bits per heavy atom. The molecule has 3 aromatic rings. The molecule has 0 fully saturated rings. The van der Waals surface area contributed by atoms with Gasteiger partial charge in [-0.1, -0.05) is 60.7 Å². The molecular weight excluding hydrogens is 660 g/mol. The van der Waals surface area contributed by atoms with Crippen LogP contribution in [0.3, 0.4) is 0 Å². The van der Waals surface area contributed by atoms with E-state index in [1.165, 1.54) is 0 Å². The number of hydrogen-bond donors (Lipinski definition) is 4. The van der Waals surface area contributed by atoms with E-state index in [0.717, 1.165) is 0 Å². The van der Waals surface area contributed by atoms with Gasteiger partial charge in [0.2, 0.25) is 6.79 Å². The Labute approximate surface area is 297 Å². The predicted molar refractivity (Wildman–Crippen MR) is 189 cm³/mol. The van der Waals surface area contributed by atoms with Gasteiger partial charge in [0.25, 0.3) is 0 Å². The smallest absolute Gasteiger partial charge is 0.412 e. The fourth-order valence-electron chi connectivity index (χ4n) is 4.84. The molecule has 0 bridgehead atoms. The Bertz CT molecular complexity index is 1550. The van der Waals surface area contributed by atoms with Crippen molar-refractivity contribution in [2.75, 3.05) is 33.0 Å².